The Morgan fingerprint density at radius 1 is 1.24 bits per heavy atom. The topological polar surface area (TPSA) is 51.5 Å². The third-order valence-electron chi connectivity index (χ3n) is 3.57. The Bertz CT molecular complexity index is 791. The second-order valence-electron chi connectivity index (χ2n) is 5.44. The minimum Gasteiger partial charge on any atom is -0.483 e. The minimum absolute atomic E-state index is 0.0962. The molecule has 0 atom stereocenters. The lowest BCUT2D eigenvalue weighted by Crippen LogP contribution is -2.20. The van der Waals surface area contributed by atoms with Crippen molar-refractivity contribution >= 4 is 34.6 Å². The molecular formula is C18H20N2O3S2. The molecule has 3 rings (SSSR count). The second kappa shape index (κ2) is 9.39. The SMILES string of the molecule is CN1CCSC1=S.Cn1ccc(C=O)c(OCc2ccccc2)c1=O. The molecule has 1 fully saturated rings. The van der Waals surface area contributed by atoms with Crippen molar-refractivity contribution in [1.82, 2.24) is 9.47 Å². The highest BCUT2D eigenvalue weighted by Gasteiger charge is 2.11. The van der Waals surface area contributed by atoms with Gasteiger partial charge in [0.05, 0.1) is 5.56 Å². The fourth-order valence-corrected chi connectivity index (χ4v) is 3.25. The Morgan fingerprint density at radius 3 is 2.48 bits per heavy atom. The number of carbonyl (C=O) groups is 1. The molecule has 0 aliphatic carbocycles. The Balaban J connectivity index is 0.000000269. The number of thioether (sulfide) groups is 1. The Kier molecular flexibility index (Phi) is 7.21. The van der Waals surface area contributed by atoms with E-state index in [2.05, 4.69) is 4.90 Å². The Morgan fingerprint density at radius 2 is 1.96 bits per heavy atom. The first kappa shape index (κ1) is 19.2. The van der Waals surface area contributed by atoms with Crippen LogP contribution in [-0.4, -0.2) is 39.4 Å². The van der Waals surface area contributed by atoms with Gasteiger partial charge in [-0.3, -0.25) is 9.59 Å². The molecular weight excluding hydrogens is 356 g/mol. The summed E-state index contributed by atoms with van der Waals surface area (Å²) in [4.78, 5) is 24.8. The van der Waals surface area contributed by atoms with Crippen molar-refractivity contribution in [3.8, 4) is 5.75 Å². The zero-order chi connectivity index (χ0) is 18.2. The standard InChI is InChI=1S/C14H13NO3.C4H7NS2/c1-15-8-7-12(9-16)13(14(15)17)18-10-11-5-3-2-4-6-11;1-5-2-3-7-4(5)6/h2-9H,10H2,1H3;2-3H2,1H3. The van der Waals surface area contributed by atoms with Crippen LogP contribution in [0.4, 0.5) is 0 Å². The van der Waals surface area contributed by atoms with Crippen molar-refractivity contribution in [3.05, 3.63) is 64.1 Å². The number of aromatic nitrogens is 1. The van der Waals surface area contributed by atoms with Crippen molar-refractivity contribution in [2.45, 2.75) is 6.61 Å². The maximum atomic E-state index is 11.8. The lowest BCUT2D eigenvalue weighted by molar-refractivity contribution is 0.111. The number of thiocarbonyl (C=S) groups is 1. The van der Waals surface area contributed by atoms with Gasteiger partial charge >= 0.3 is 0 Å². The Labute approximate surface area is 156 Å². The van der Waals surface area contributed by atoms with E-state index >= 15 is 0 Å². The van der Waals surface area contributed by atoms with E-state index in [4.69, 9.17) is 17.0 Å². The van der Waals surface area contributed by atoms with Crippen LogP contribution in [0, 0.1) is 0 Å². The first-order valence-electron chi connectivity index (χ1n) is 7.72. The zero-order valence-corrected chi connectivity index (χ0v) is 15.8. The molecule has 1 aromatic carbocycles. The molecule has 2 heterocycles. The van der Waals surface area contributed by atoms with Crippen LogP contribution < -0.4 is 10.3 Å². The van der Waals surface area contributed by atoms with Crippen LogP contribution in [-0.2, 0) is 13.7 Å². The van der Waals surface area contributed by atoms with E-state index < -0.39 is 0 Å². The molecule has 0 N–H and O–H groups in total. The van der Waals surface area contributed by atoms with Gasteiger partial charge in [0.15, 0.2) is 12.0 Å². The molecule has 132 valence electrons. The number of benzene rings is 1. The fraction of sp³-hybridized carbons (Fsp3) is 0.278. The minimum atomic E-state index is -0.310. The van der Waals surface area contributed by atoms with Crippen LogP contribution in [0.15, 0.2) is 47.4 Å². The summed E-state index contributed by atoms with van der Waals surface area (Å²) in [7, 11) is 3.65. The van der Waals surface area contributed by atoms with Gasteiger partial charge in [0.25, 0.3) is 5.56 Å². The molecule has 0 unspecified atom stereocenters. The van der Waals surface area contributed by atoms with Gasteiger partial charge in [-0.25, -0.2) is 0 Å². The molecule has 7 heteroatoms. The summed E-state index contributed by atoms with van der Waals surface area (Å²) >= 11 is 6.69. The summed E-state index contributed by atoms with van der Waals surface area (Å²) in [5, 5.41) is 0. The number of rotatable bonds is 4. The van der Waals surface area contributed by atoms with Gasteiger partial charge in [-0.05, 0) is 11.6 Å². The molecule has 0 bridgehead atoms. The first-order valence-corrected chi connectivity index (χ1v) is 9.11. The second-order valence-corrected chi connectivity index (χ2v) is 7.17. The number of aldehydes is 1. The van der Waals surface area contributed by atoms with E-state index in [1.54, 1.807) is 31.1 Å². The number of pyridine rings is 1. The average Bonchev–Trinajstić information content (AvgIpc) is 3.00. The molecule has 1 aromatic heterocycles. The molecule has 0 spiro atoms. The monoisotopic (exact) mass is 376 g/mol. The maximum Gasteiger partial charge on any atom is 0.293 e. The predicted molar refractivity (Wildman–Crippen MR) is 106 cm³/mol. The smallest absolute Gasteiger partial charge is 0.293 e. The zero-order valence-electron chi connectivity index (χ0n) is 14.2. The molecule has 0 amide bonds. The summed E-state index contributed by atoms with van der Waals surface area (Å²) in [5.41, 5.74) is 0.907. The van der Waals surface area contributed by atoms with Gasteiger partial charge in [-0.1, -0.05) is 54.3 Å². The quantitative estimate of drug-likeness (QED) is 0.604. The van der Waals surface area contributed by atoms with E-state index in [9.17, 15) is 9.59 Å². The first-order chi connectivity index (χ1) is 12.0. The summed E-state index contributed by atoms with van der Waals surface area (Å²) in [6.45, 7) is 1.39. The fourth-order valence-electron chi connectivity index (χ4n) is 2.06. The highest BCUT2D eigenvalue weighted by atomic mass is 32.2. The summed E-state index contributed by atoms with van der Waals surface area (Å²) in [6, 6.07) is 11.0. The third kappa shape index (κ3) is 5.44. The molecule has 1 aliphatic heterocycles. The number of hydrogen-bond acceptors (Lipinski definition) is 5. The van der Waals surface area contributed by atoms with Crippen LogP contribution in [0.1, 0.15) is 15.9 Å². The van der Waals surface area contributed by atoms with Crippen LogP contribution in [0.3, 0.4) is 0 Å². The third-order valence-corrected chi connectivity index (χ3v) is 5.18. The van der Waals surface area contributed by atoms with Gasteiger partial charge in [0.1, 0.15) is 10.9 Å². The van der Waals surface area contributed by atoms with Crippen LogP contribution >= 0.6 is 24.0 Å². The highest BCUT2D eigenvalue weighted by molar-refractivity contribution is 8.23. The molecule has 1 aliphatic rings. The number of aryl methyl sites for hydroxylation is 1. The lowest BCUT2D eigenvalue weighted by Gasteiger charge is -2.09. The Hall–Kier alpha value is -2.12. The van der Waals surface area contributed by atoms with E-state index in [0.717, 1.165) is 16.4 Å². The van der Waals surface area contributed by atoms with Crippen molar-refractivity contribution < 1.29 is 9.53 Å². The van der Waals surface area contributed by atoms with Crippen LogP contribution in [0.5, 0.6) is 5.75 Å². The van der Waals surface area contributed by atoms with Crippen molar-refractivity contribution in [1.29, 1.82) is 0 Å². The molecule has 25 heavy (non-hydrogen) atoms. The molecule has 0 saturated carbocycles. The van der Waals surface area contributed by atoms with Crippen molar-refractivity contribution in [2.24, 2.45) is 7.05 Å². The number of ether oxygens (including phenoxy) is 1. The highest BCUT2D eigenvalue weighted by Crippen LogP contribution is 2.14. The molecule has 2 aromatic rings. The number of hydrogen-bond donors (Lipinski definition) is 0. The van der Waals surface area contributed by atoms with Crippen molar-refractivity contribution in [3.63, 3.8) is 0 Å². The average molecular weight is 377 g/mol. The summed E-state index contributed by atoms with van der Waals surface area (Å²) in [6.07, 6.45) is 2.17. The van der Waals surface area contributed by atoms with E-state index in [0.29, 0.717) is 6.29 Å². The maximum absolute atomic E-state index is 11.8. The number of nitrogens with zero attached hydrogens (tertiary/aromatic N) is 2. The van der Waals surface area contributed by atoms with Gasteiger partial charge in [-0.2, -0.15) is 0 Å². The van der Waals surface area contributed by atoms with Gasteiger partial charge in [-0.15, -0.1) is 0 Å². The normalized spacial score (nSPS) is 13.2. The lowest BCUT2D eigenvalue weighted by atomic mass is 10.2. The molecule has 5 nitrogen and oxygen atoms in total. The van der Waals surface area contributed by atoms with Crippen LogP contribution in [0.25, 0.3) is 0 Å². The van der Waals surface area contributed by atoms with Crippen molar-refractivity contribution in [2.75, 3.05) is 19.3 Å². The van der Waals surface area contributed by atoms with Gasteiger partial charge in [0, 0.05) is 32.6 Å². The van der Waals surface area contributed by atoms with E-state index in [-0.39, 0.29) is 23.5 Å². The van der Waals surface area contributed by atoms with E-state index in [1.165, 1.54) is 10.3 Å². The number of carbonyl (C=O) groups excluding carboxylic acids is 1. The predicted octanol–water partition coefficient (Wildman–Crippen LogP) is 2.73. The van der Waals surface area contributed by atoms with Gasteiger partial charge < -0.3 is 14.2 Å². The summed E-state index contributed by atoms with van der Waals surface area (Å²) in [5.74, 6) is 1.27. The van der Waals surface area contributed by atoms with E-state index in [1.807, 2.05) is 37.4 Å². The van der Waals surface area contributed by atoms with Crippen LogP contribution in [0.2, 0.25) is 0 Å². The summed E-state index contributed by atoms with van der Waals surface area (Å²) < 4.78 is 7.89. The molecule has 1 saturated heterocycles. The molecule has 0 radical (unpaired) electrons. The van der Waals surface area contributed by atoms with Gasteiger partial charge in [0.2, 0.25) is 0 Å². The largest absolute Gasteiger partial charge is 0.483 e.